The molecule has 2 N–H and O–H groups in total. The van der Waals surface area contributed by atoms with Gasteiger partial charge < -0.3 is 28.9 Å². The van der Waals surface area contributed by atoms with Crippen LogP contribution in [0.15, 0.2) is 27.5 Å². The molecule has 0 saturated carbocycles. The molecule has 1 fully saturated rings. The van der Waals surface area contributed by atoms with E-state index in [1.54, 1.807) is 23.1 Å². The number of amides is 1. The number of aromatic amines is 2. The Bertz CT molecular complexity index is 1060. The van der Waals surface area contributed by atoms with E-state index in [2.05, 4.69) is 20.1 Å². The number of ether oxygens (including phenoxy) is 2. The van der Waals surface area contributed by atoms with Gasteiger partial charge in [-0.1, -0.05) is 11.2 Å². The van der Waals surface area contributed by atoms with Gasteiger partial charge in [0.05, 0.1) is 29.7 Å². The topological polar surface area (TPSA) is 126 Å². The first-order chi connectivity index (χ1) is 13.3. The van der Waals surface area contributed by atoms with Gasteiger partial charge in [0.15, 0.2) is 0 Å². The van der Waals surface area contributed by atoms with Crippen LogP contribution in [0.3, 0.4) is 0 Å². The van der Waals surface area contributed by atoms with Gasteiger partial charge in [-0.3, -0.25) is 0 Å². The molecule has 3 aromatic rings. The molecular formula is C18H21N5O5. The molecule has 10 heteroatoms. The number of nitrogens with zero attached hydrogens (tertiary/aromatic N) is 3. The van der Waals surface area contributed by atoms with Crippen LogP contribution in [0.4, 0.5) is 4.79 Å². The lowest BCUT2D eigenvalue weighted by Gasteiger charge is -2.33. The summed E-state index contributed by atoms with van der Waals surface area (Å²) in [6.45, 7) is 6.49. The molecule has 148 valence electrons. The lowest BCUT2D eigenvalue weighted by molar-refractivity contribution is -0.0468. The molecule has 1 saturated heterocycles. The molecule has 1 aliphatic rings. The maximum absolute atomic E-state index is 12.3. The Kier molecular flexibility index (Phi) is 4.42. The van der Waals surface area contributed by atoms with Gasteiger partial charge in [-0.25, -0.2) is 9.59 Å². The minimum atomic E-state index is -0.573. The molecule has 1 aromatic carbocycles. The second kappa shape index (κ2) is 6.79. The third-order valence-electron chi connectivity index (χ3n) is 4.23. The summed E-state index contributed by atoms with van der Waals surface area (Å²) in [5.74, 6) is 0.590. The third kappa shape index (κ3) is 3.63. The second-order valence-corrected chi connectivity index (χ2v) is 7.55. The number of rotatable bonds is 2. The van der Waals surface area contributed by atoms with Gasteiger partial charge in [0.25, 0.3) is 5.89 Å². The summed E-state index contributed by atoms with van der Waals surface area (Å²) in [4.78, 5) is 35.3. The van der Waals surface area contributed by atoms with Crippen LogP contribution in [-0.2, 0) is 9.47 Å². The Morgan fingerprint density at radius 2 is 2.14 bits per heavy atom. The highest BCUT2D eigenvalue weighted by Gasteiger charge is 2.31. The number of hydrogen-bond acceptors (Lipinski definition) is 7. The minimum absolute atomic E-state index is 0.258. The highest BCUT2D eigenvalue weighted by molar-refractivity contribution is 5.89. The zero-order valence-electron chi connectivity index (χ0n) is 15.8. The Labute approximate surface area is 159 Å². The first kappa shape index (κ1) is 18.2. The van der Waals surface area contributed by atoms with E-state index in [1.165, 1.54) is 0 Å². The summed E-state index contributed by atoms with van der Waals surface area (Å²) < 4.78 is 16.5. The van der Waals surface area contributed by atoms with Crippen LogP contribution in [0.5, 0.6) is 0 Å². The number of H-pyrrole nitrogens is 2. The van der Waals surface area contributed by atoms with Crippen molar-refractivity contribution in [2.45, 2.75) is 32.5 Å². The molecule has 0 aliphatic carbocycles. The number of imidazole rings is 1. The van der Waals surface area contributed by atoms with E-state index in [0.717, 1.165) is 0 Å². The van der Waals surface area contributed by atoms with Crippen molar-refractivity contribution in [1.29, 1.82) is 0 Å². The van der Waals surface area contributed by atoms with E-state index in [1.807, 2.05) is 20.8 Å². The predicted molar refractivity (Wildman–Crippen MR) is 98.7 cm³/mol. The van der Waals surface area contributed by atoms with Gasteiger partial charge >= 0.3 is 11.8 Å². The van der Waals surface area contributed by atoms with Crippen LogP contribution < -0.4 is 5.69 Å². The van der Waals surface area contributed by atoms with Crippen molar-refractivity contribution < 1.29 is 18.8 Å². The molecule has 4 rings (SSSR count). The number of nitrogens with one attached hydrogen (secondary N) is 2. The summed E-state index contributed by atoms with van der Waals surface area (Å²) in [5, 5.41) is 4.01. The first-order valence-corrected chi connectivity index (χ1v) is 8.95. The maximum atomic E-state index is 12.3. The number of carbonyl (C=O) groups is 1. The minimum Gasteiger partial charge on any atom is -0.444 e. The summed E-state index contributed by atoms with van der Waals surface area (Å²) >= 11 is 0. The molecule has 1 atom stereocenters. The van der Waals surface area contributed by atoms with Crippen LogP contribution >= 0.6 is 0 Å². The lowest BCUT2D eigenvalue weighted by Crippen LogP contribution is -2.44. The zero-order chi connectivity index (χ0) is 19.9. The average Bonchev–Trinajstić information content (AvgIpc) is 3.26. The van der Waals surface area contributed by atoms with Crippen molar-refractivity contribution in [2.24, 2.45) is 0 Å². The van der Waals surface area contributed by atoms with E-state index in [0.29, 0.717) is 35.6 Å². The maximum Gasteiger partial charge on any atom is 0.410 e. The largest absolute Gasteiger partial charge is 0.444 e. The predicted octanol–water partition coefficient (Wildman–Crippen LogP) is 2.21. The van der Waals surface area contributed by atoms with E-state index in [9.17, 15) is 9.59 Å². The van der Waals surface area contributed by atoms with Crippen molar-refractivity contribution in [1.82, 2.24) is 25.0 Å². The molecule has 0 bridgehead atoms. The average molecular weight is 387 g/mol. The van der Waals surface area contributed by atoms with E-state index >= 15 is 0 Å². The molecule has 3 heterocycles. The molecule has 0 spiro atoms. The number of fused-ring (bicyclic) bond motifs is 1. The zero-order valence-corrected chi connectivity index (χ0v) is 15.8. The molecule has 10 nitrogen and oxygen atoms in total. The summed E-state index contributed by atoms with van der Waals surface area (Å²) in [5.41, 5.74) is 0.950. The summed E-state index contributed by atoms with van der Waals surface area (Å²) in [6.07, 6.45) is -0.928. The van der Waals surface area contributed by atoms with E-state index in [-0.39, 0.29) is 18.1 Å². The molecule has 1 unspecified atom stereocenters. The van der Waals surface area contributed by atoms with Gasteiger partial charge in [0.1, 0.15) is 11.7 Å². The number of hydrogen-bond donors (Lipinski definition) is 2. The normalized spacial score (nSPS) is 17.8. The standard InChI is InChI=1S/C18H21N5O5/c1-18(2,3)27-17(25)23-7-8-26-12(9-23)14-21-15(28-22-14)10-5-4-6-11-13(10)20-16(24)19-11/h4-6,12H,7-9H2,1-3H3,(H2,19,20,24). The molecule has 1 amide bonds. The van der Waals surface area contributed by atoms with Crippen LogP contribution in [0.25, 0.3) is 22.5 Å². The molecule has 28 heavy (non-hydrogen) atoms. The van der Waals surface area contributed by atoms with Crippen molar-refractivity contribution >= 4 is 17.1 Å². The van der Waals surface area contributed by atoms with Crippen molar-refractivity contribution in [3.05, 3.63) is 34.5 Å². The van der Waals surface area contributed by atoms with E-state index < -0.39 is 17.8 Å². The number of aromatic nitrogens is 4. The fourth-order valence-electron chi connectivity index (χ4n) is 3.01. The highest BCUT2D eigenvalue weighted by Crippen LogP contribution is 2.27. The van der Waals surface area contributed by atoms with Crippen LogP contribution in [0.2, 0.25) is 0 Å². The van der Waals surface area contributed by atoms with Crippen LogP contribution in [0, 0.1) is 0 Å². The molecule has 0 radical (unpaired) electrons. The molecular weight excluding hydrogens is 366 g/mol. The smallest absolute Gasteiger partial charge is 0.410 e. The second-order valence-electron chi connectivity index (χ2n) is 7.55. The van der Waals surface area contributed by atoms with Crippen LogP contribution in [0.1, 0.15) is 32.7 Å². The first-order valence-electron chi connectivity index (χ1n) is 8.95. The highest BCUT2D eigenvalue weighted by atomic mass is 16.6. The Morgan fingerprint density at radius 1 is 1.32 bits per heavy atom. The van der Waals surface area contributed by atoms with Gasteiger partial charge in [0, 0.05) is 6.54 Å². The third-order valence-corrected chi connectivity index (χ3v) is 4.23. The number of morpholine rings is 1. The Balaban J connectivity index is 1.55. The van der Waals surface area contributed by atoms with Gasteiger partial charge in [-0.15, -0.1) is 0 Å². The molecule has 1 aliphatic heterocycles. The summed E-state index contributed by atoms with van der Waals surface area (Å²) in [7, 11) is 0. The fourth-order valence-corrected chi connectivity index (χ4v) is 3.01. The quantitative estimate of drug-likeness (QED) is 0.690. The fraction of sp³-hybridized carbons (Fsp3) is 0.444. The van der Waals surface area contributed by atoms with Crippen LogP contribution in [-0.4, -0.2) is 56.4 Å². The monoisotopic (exact) mass is 387 g/mol. The van der Waals surface area contributed by atoms with Gasteiger partial charge in [0.2, 0.25) is 5.82 Å². The number of benzene rings is 1. The SMILES string of the molecule is CC(C)(C)OC(=O)N1CCOC(c2noc(-c3cccc4[nH]c(=O)[nH]c34)n2)C1. The van der Waals surface area contributed by atoms with Gasteiger partial charge in [-0.2, -0.15) is 4.98 Å². The number of carbonyl (C=O) groups excluding carboxylic acids is 1. The Morgan fingerprint density at radius 3 is 2.93 bits per heavy atom. The van der Waals surface area contributed by atoms with Crippen molar-refractivity contribution in [2.75, 3.05) is 19.7 Å². The lowest BCUT2D eigenvalue weighted by atomic mass is 10.2. The van der Waals surface area contributed by atoms with E-state index in [4.69, 9.17) is 14.0 Å². The Hall–Kier alpha value is -3.14. The number of para-hydroxylation sites is 1. The van der Waals surface area contributed by atoms with Crippen molar-refractivity contribution in [3.8, 4) is 11.5 Å². The van der Waals surface area contributed by atoms with Gasteiger partial charge in [-0.05, 0) is 32.9 Å². The molecule has 2 aromatic heterocycles. The van der Waals surface area contributed by atoms with Crippen molar-refractivity contribution in [3.63, 3.8) is 0 Å². The summed E-state index contributed by atoms with van der Waals surface area (Å²) in [6, 6.07) is 5.34.